The first-order valence-corrected chi connectivity index (χ1v) is 9.81. The van der Waals surface area contributed by atoms with Gasteiger partial charge in [0.2, 0.25) is 0 Å². The molecule has 0 bridgehead atoms. The first-order chi connectivity index (χ1) is 14.6. The molecule has 4 aromatic carbocycles. The maximum absolute atomic E-state index is 13.4. The molecule has 1 N–H and O–H groups in total. The minimum Gasteiger partial charge on any atom is -0.481 e. The molecule has 1 aliphatic carbocycles. The van der Waals surface area contributed by atoms with E-state index in [9.17, 15) is 14.7 Å². The maximum Gasteiger partial charge on any atom is 0.307 e. The summed E-state index contributed by atoms with van der Waals surface area (Å²) in [5.74, 6) is -0.980. The summed E-state index contributed by atoms with van der Waals surface area (Å²) in [6.45, 7) is 0. The highest BCUT2D eigenvalue weighted by atomic mass is 16.4. The van der Waals surface area contributed by atoms with Gasteiger partial charge in [-0.2, -0.15) is 0 Å². The van der Waals surface area contributed by atoms with Gasteiger partial charge in [0.25, 0.3) is 0 Å². The summed E-state index contributed by atoms with van der Waals surface area (Å²) in [7, 11) is 0. The quantitative estimate of drug-likeness (QED) is 0.436. The minimum atomic E-state index is -0.913. The lowest BCUT2D eigenvalue weighted by Gasteiger charge is -2.25. The summed E-state index contributed by atoms with van der Waals surface area (Å²) < 4.78 is 0. The van der Waals surface area contributed by atoms with Gasteiger partial charge in [-0.25, -0.2) is 0 Å². The first kappa shape index (κ1) is 18.1. The third kappa shape index (κ3) is 2.92. The molecule has 3 nitrogen and oxygen atoms in total. The van der Waals surface area contributed by atoms with Gasteiger partial charge in [-0.05, 0) is 45.2 Å². The molecule has 0 spiro atoms. The fourth-order valence-corrected chi connectivity index (χ4v) is 4.29. The van der Waals surface area contributed by atoms with Crippen LogP contribution < -0.4 is 0 Å². The second-order valence-electron chi connectivity index (χ2n) is 7.42. The van der Waals surface area contributed by atoms with Gasteiger partial charge in [0.1, 0.15) is 0 Å². The number of ketones is 1. The van der Waals surface area contributed by atoms with E-state index >= 15 is 0 Å². The summed E-state index contributed by atoms with van der Waals surface area (Å²) in [6, 6.07) is 27.1. The Hall–Kier alpha value is -3.98. The molecule has 144 valence electrons. The lowest BCUT2D eigenvalue weighted by Crippen LogP contribution is -2.16. The SMILES string of the molecule is O=C(O)Cc1cc2c(c3ccccc13)/C(=C/c1ccccc1)c1ccccc1C2=O. The van der Waals surface area contributed by atoms with Crippen LogP contribution >= 0.6 is 0 Å². The number of fused-ring (bicyclic) bond motifs is 4. The van der Waals surface area contributed by atoms with E-state index in [0.29, 0.717) is 16.7 Å². The Balaban J connectivity index is 1.89. The molecular weight excluding hydrogens is 372 g/mol. The normalized spacial score (nSPS) is 13.9. The molecule has 0 saturated carbocycles. The van der Waals surface area contributed by atoms with Crippen LogP contribution in [0.1, 0.15) is 38.2 Å². The van der Waals surface area contributed by atoms with Crippen molar-refractivity contribution in [2.75, 3.05) is 0 Å². The van der Waals surface area contributed by atoms with Gasteiger partial charge in [-0.3, -0.25) is 9.59 Å². The molecule has 0 fully saturated rings. The fourth-order valence-electron chi connectivity index (χ4n) is 4.29. The zero-order chi connectivity index (χ0) is 20.7. The molecule has 4 aromatic rings. The number of rotatable bonds is 3. The number of hydrogen-bond acceptors (Lipinski definition) is 2. The van der Waals surface area contributed by atoms with Gasteiger partial charge in [0.05, 0.1) is 6.42 Å². The molecule has 30 heavy (non-hydrogen) atoms. The molecule has 0 atom stereocenters. The van der Waals surface area contributed by atoms with Crippen LogP contribution in [0.5, 0.6) is 0 Å². The Morgan fingerprint density at radius 3 is 2.13 bits per heavy atom. The van der Waals surface area contributed by atoms with Crippen molar-refractivity contribution in [2.24, 2.45) is 0 Å². The standard InChI is InChI=1S/C27H18O3/c28-25(29)16-18-15-24-26(21-12-6-4-10-19(18)21)23(14-17-8-2-1-3-9-17)20-11-5-7-13-22(20)27(24)30/h1-15H,16H2,(H,28,29)/b23-14+. The highest BCUT2D eigenvalue weighted by Gasteiger charge is 2.29. The minimum absolute atomic E-state index is 0.0665. The van der Waals surface area contributed by atoms with E-state index in [0.717, 1.165) is 33.0 Å². The summed E-state index contributed by atoms with van der Waals surface area (Å²) >= 11 is 0. The summed E-state index contributed by atoms with van der Waals surface area (Å²) in [6.07, 6.45) is 1.98. The number of carbonyl (C=O) groups excluding carboxylic acids is 1. The van der Waals surface area contributed by atoms with Crippen molar-refractivity contribution in [1.29, 1.82) is 0 Å². The Morgan fingerprint density at radius 1 is 0.767 bits per heavy atom. The molecular formula is C27H18O3. The third-order valence-electron chi connectivity index (χ3n) is 5.56. The van der Waals surface area contributed by atoms with Crippen LogP contribution in [0.3, 0.4) is 0 Å². The van der Waals surface area contributed by atoms with Crippen LogP contribution in [0, 0.1) is 0 Å². The van der Waals surface area contributed by atoms with Crippen molar-refractivity contribution in [1.82, 2.24) is 0 Å². The second kappa shape index (κ2) is 7.12. The van der Waals surface area contributed by atoms with Crippen molar-refractivity contribution in [3.63, 3.8) is 0 Å². The number of aliphatic carboxylic acids is 1. The van der Waals surface area contributed by atoms with E-state index in [2.05, 4.69) is 6.08 Å². The molecule has 0 heterocycles. The lowest BCUT2D eigenvalue weighted by molar-refractivity contribution is -0.136. The molecule has 0 aromatic heterocycles. The van der Waals surface area contributed by atoms with Crippen molar-refractivity contribution in [2.45, 2.75) is 6.42 Å². The Bertz CT molecular complexity index is 1350. The van der Waals surface area contributed by atoms with Crippen LogP contribution in [-0.4, -0.2) is 16.9 Å². The van der Waals surface area contributed by atoms with E-state index in [4.69, 9.17) is 0 Å². The maximum atomic E-state index is 13.4. The highest BCUT2D eigenvalue weighted by molar-refractivity contribution is 6.24. The zero-order valence-electron chi connectivity index (χ0n) is 16.1. The topological polar surface area (TPSA) is 54.4 Å². The van der Waals surface area contributed by atoms with Crippen molar-refractivity contribution >= 4 is 34.2 Å². The van der Waals surface area contributed by atoms with Crippen LogP contribution in [0.15, 0.2) is 84.9 Å². The molecule has 0 unspecified atom stereocenters. The zero-order valence-corrected chi connectivity index (χ0v) is 16.1. The molecule has 3 heteroatoms. The van der Waals surface area contributed by atoms with Crippen molar-refractivity contribution < 1.29 is 14.7 Å². The lowest BCUT2D eigenvalue weighted by atomic mass is 9.77. The number of benzene rings is 4. The van der Waals surface area contributed by atoms with Gasteiger partial charge in [0, 0.05) is 16.7 Å². The van der Waals surface area contributed by atoms with Crippen molar-refractivity contribution in [3.8, 4) is 0 Å². The number of carboxylic acid groups (broad SMARTS) is 1. The molecule has 0 aliphatic heterocycles. The van der Waals surface area contributed by atoms with Crippen LogP contribution in [-0.2, 0) is 11.2 Å². The predicted octanol–water partition coefficient (Wildman–Crippen LogP) is 5.60. The second-order valence-corrected chi connectivity index (χ2v) is 7.42. The largest absolute Gasteiger partial charge is 0.481 e. The monoisotopic (exact) mass is 390 g/mol. The Morgan fingerprint density at radius 2 is 1.40 bits per heavy atom. The van der Waals surface area contributed by atoms with Gasteiger partial charge < -0.3 is 5.11 Å². The number of carboxylic acids is 1. The number of hydrogen-bond donors (Lipinski definition) is 1. The van der Waals surface area contributed by atoms with E-state index in [-0.39, 0.29) is 12.2 Å². The van der Waals surface area contributed by atoms with Crippen LogP contribution in [0.25, 0.3) is 22.4 Å². The summed E-state index contributed by atoms with van der Waals surface area (Å²) in [5.41, 5.74) is 5.64. The summed E-state index contributed by atoms with van der Waals surface area (Å²) in [4.78, 5) is 24.9. The van der Waals surface area contributed by atoms with Gasteiger partial charge in [0.15, 0.2) is 5.78 Å². The van der Waals surface area contributed by atoms with Gasteiger partial charge in [-0.15, -0.1) is 0 Å². The Labute approximate surface area is 173 Å². The molecule has 5 rings (SSSR count). The molecule has 1 aliphatic rings. The Kier molecular flexibility index (Phi) is 4.29. The smallest absolute Gasteiger partial charge is 0.307 e. The third-order valence-corrected chi connectivity index (χ3v) is 5.56. The molecule has 0 amide bonds. The molecule has 0 radical (unpaired) electrons. The van der Waals surface area contributed by atoms with Gasteiger partial charge >= 0.3 is 5.97 Å². The molecule has 0 saturated heterocycles. The fraction of sp³-hybridized carbons (Fsp3) is 0.0370. The van der Waals surface area contributed by atoms with E-state index < -0.39 is 5.97 Å². The van der Waals surface area contributed by atoms with E-state index in [1.54, 1.807) is 6.07 Å². The van der Waals surface area contributed by atoms with Crippen molar-refractivity contribution in [3.05, 3.63) is 118 Å². The summed E-state index contributed by atoms with van der Waals surface area (Å²) in [5, 5.41) is 11.2. The predicted molar refractivity (Wildman–Crippen MR) is 119 cm³/mol. The average Bonchev–Trinajstić information content (AvgIpc) is 2.77. The van der Waals surface area contributed by atoms with E-state index in [1.165, 1.54) is 0 Å². The van der Waals surface area contributed by atoms with E-state index in [1.807, 2.05) is 78.9 Å². The van der Waals surface area contributed by atoms with Gasteiger partial charge in [-0.1, -0.05) is 78.9 Å². The number of carbonyl (C=O) groups is 2. The van der Waals surface area contributed by atoms with Crippen LogP contribution in [0.4, 0.5) is 0 Å². The van der Waals surface area contributed by atoms with Crippen LogP contribution in [0.2, 0.25) is 0 Å². The average molecular weight is 390 g/mol. The highest BCUT2D eigenvalue weighted by Crippen LogP contribution is 2.42. The first-order valence-electron chi connectivity index (χ1n) is 9.81.